The van der Waals surface area contributed by atoms with Crippen LogP contribution >= 0.6 is 0 Å². The molecule has 2 atom stereocenters. The Bertz CT molecular complexity index is 498. The summed E-state index contributed by atoms with van der Waals surface area (Å²) in [6.07, 6.45) is 4.51. The summed E-state index contributed by atoms with van der Waals surface area (Å²) >= 11 is 0. The largest absolute Gasteiger partial charge is 0.444 e. The third kappa shape index (κ3) is 2.44. The van der Waals surface area contributed by atoms with Gasteiger partial charge in [0.2, 0.25) is 0 Å². The second-order valence-electron chi connectivity index (χ2n) is 6.54. The fourth-order valence-electron chi connectivity index (χ4n) is 3.05. The quantitative estimate of drug-likeness (QED) is 0.789. The Labute approximate surface area is 119 Å². The highest BCUT2D eigenvalue weighted by atomic mass is 16.6. The average Bonchev–Trinajstić information content (AvgIpc) is 2.97. The zero-order valence-electron chi connectivity index (χ0n) is 12.2. The van der Waals surface area contributed by atoms with Crippen LogP contribution in [0.15, 0.2) is 24.5 Å². The smallest absolute Gasteiger partial charge is 0.410 e. The van der Waals surface area contributed by atoms with Crippen LogP contribution in [0.3, 0.4) is 0 Å². The Morgan fingerprint density at radius 1 is 1.35 bits per heavy atom. The van der Waals surface area contributed by atoms with E-state index >= 15 is 0 Å². The maximum Gasteiger partial charge on any atom is 0.410 e. The molecule has 2 bridgehead atoms. The number of carbonyl (C=O) groups excluding carboxylic acids is 1. The van der Waals surface area contributed by atoms with E-state index in [1.807, 2.05) is 37.9 Å². The molecule has 108 valence electrons. The Kier molecular flexibility index (Phi) is 3.07. The molecule has 0 spiro atoms. The van der Waals surface area contributed by atoms with Gasteiger partial charge in [-0.05, 0) is 39.3 Å². The van der Waals surface area contributed by atoms with Crippen LogP contribution in [0.4, 0.5) is 10.5 Å². The van der Waals surface area contributed by atoms with E-state index in [4.69, 9.17) is 4.74 Å². The normalized spacial score (nSPS) is 25.1. The number of fused-ring (bicyclic) bond motifs is 2. The maximum absolute atomic E-state index is 12.2. The molecule has 0 radical (unpaired) electrons. The van der Waals surface area contributed by atoms with Crippen molar-refractivity contribution in [2.45, 2.75) is 44.9 Å². The lowest BCUT2D eigenvalue weighted by atomic mass is 10.2. The highest BCUT2D eigenvalue weighted by molar-refractivity contribution is 5.70. The third-order valence-corrected chi connectivity index (χ3v) is 3.85. The van der Waals surface area contributed by atoms with Gasteiger partial charge in [0.1, 0.15) is 5.60 Å². The molecule has 5 heteroatoms. The standard InChI is InChI=1S/C15H21N3O2/c1-15(2,3)20-14(19)18-10-12-7-13(18)9-17(12)11-5-4-6-16-8-11/h4-6,8,12-13H,7,9-10H2,1-3H3/t12-,13-/m0/s1. The number of carbonyl (C=O) groups is 1. The molecular weight excluding hydrogens is 254 g/mol. The molecule has 1 amide bonds. The van der Waals surface area contributed by atoms with Crippen molar-refractivity contribution >= 4 is 11.8 Å². The van der Waals surface area contributed by atoms with E-state index in [9.17, 15) is 4.79 Å². The van der Waals surface area contributed by atoms with E-state index in [1.54, 1.807) is 6.20 Å². The van der Waals surface area contributed by atoms with Crippen molar-refractivity contribution in [1.82, 2.24) is 9.88 Å². The van der Waals surface area contributed by atoms with Crippen molar-refractivity contribution in [2.24, 2.45) is 0 Å². The summed E-state index contributed by atoms with van der Waals surface area (Å²) in [5, 5.41) is 0. The predicted octanol–water partition coefficient (Wildman–Crippen LogP) is 2.28. The van der Waals surface area contributed by atoms with Crippen LogP contribution in [0.2, 0.25) is 0 Å². The topological polar surface area (TPSA) is 45.7 Å². The first-order valence-electron chi connectivity index (χ1n) is 7.10. The SMILES string of the molecule is CC(C)(C)OC(=O)N1C[C@@H]2C[C@H]1CN2c1cccnc1. The van der Waals surface area contributed by atoms with Crippen molar-refractivity contribution in [1.29, 1.82) is 0 Å². The predicted molar refractivity (Wildman–Crippen MR) is 76.7 cm³/mol. The van der Waals surface area contributed by atoms with Crippen molar-refractivity contribution in [3.05, 3.63) is 24.5 Å². The molecule has 0 N–H and O–H groups in total. The van der Waals surface area contributed by atoms with E-state index in [0.29, 0.717) is 6.04 Å². The van der Waals surface area contributed by atoms with Gasteiger partial charge in [-0.25, -0.2) is 4.79 Å². The molecule has 20 heavy (non-hydrogen) atoms. The minimum Gasteiger partial charge on any atom is -0.444 e. The molecule has 3 heterocycles. The van der Waals surface area contributed by atoms with Gasteiger partial charge in [-0.3, -0.25) is 4.98 Å². The van der Waals surface area contributed by atoms with Crippen molar-refractivity contribution in [2.75, 3.05) is 18.0 Å². The first-order valence-corrected chi connectivity index (χ1v) is 7.10. The highest BCUT2D eigenvalue weighted by Gasteiger charge is 2.46. The van der Waals surface area contributed by atoms with Crippen molar-refractivity contribution in [3.8, 4) is 0 Å². The number of aromatic nitrogens is 1. The Hall–Kier alpha value is -1.78. The molecule has 3 rings (SSSR count). The van der Waals surface area contributed by atoms with Crippen LogP contribution in [0.25, 0.3) is 0 Å². The number of ether oxygens (including phenoxy) is 1. The van der Waals surface area contributed by atoms with Gasteiger partial charge in [-0.2, -0.15) is 0 Å². The van der Waals surface area contributed by atoms with Gasteiger partial charge in [0.05, 0.1) is 17.9 Å². The van der Waals surface area contributed by atoms with Crippen molar-refractivity contribution in [3.63, 3.8) is 0 Å². The monoisotopic (exact) mass is 275 g/mol. The minimum atomic E-state index is -0.429. The van der Waals surface area contributed by atoms with Gasteiger partial charge in [0, 0.05) is 25.3 Å². The number of rotatable bonds is 1. The zero-order chi connectivity index (χ0) is 14.3. The number of nitrogens with zero attached hydrogens (tertiary/aromatic N) is 3. The molecular formula is C15H21N3O2. The number of hydrogen-bond acceptors (Lipinski definition) is 4. The van der Waals surface area contributed by atoms with E-state index < -0.39 is 5.60 Å². The van der Waals surface area contributed by atoms with Gasteiger partial charge in [-0.1, -0.05) is 0 Å². The molecule has 2 aliphatic rings. The van der Waals surface area contributed by atoms with Gasteiger partial charge >= 0.3 is 6.09 Å². The molecule has 2 aliphatic heterocycles. The number of hydrogen-bond donors (Lipinski definition) is 0. The Morgan fingerprint density at radius 3 is 2.70 bits per heavy atom. The van der Waals surface area contributed by atoms with E-state index in [2.05, 4.69) is 16.0 Å². The molecule has 5 nitrogen and oxygen atoms in total. The second kappa shape index (κ2) is 4.65. The number of anilines is 1. The van der Waals surface area contributed by atoms with Crippen LogP contribution < -0.4 is 4.90 Å². The van der Waals surface area contributed by atoms with E-state index in [-0.39, 0.29) is 12.1 Å². The van der Waals surface area contributed by atoms with Gasteiger partial charge in [-0.15, -0.1) is 0 Å². The van der Waals surface area contributed by atoms with Crippen molar-refractivity contribution < 1.29 is 9.53 Å². The minimum absolute atomic E-state index is 0.184. The lowest BCUT2D eigenvalue weighted by Gasteiger charge is -2.36. The molecule has 2 fully saturated rings. The fraction of sp³-hybridized carbons (Fsp3) is 0.600. The lowest BCUT2D eigenvalue weighted by molar-refractivity contribution is 0.0215. The zero-order valence-corrected chi connectivity index (χ0v) is 12.2. The van der Waals surface area contributed by atoms with Gasteiger partial charge < -0.3 is 14.5 Å². The average molecular weight is 275 g/mol. The first-order chi connectivity index (χ1) is 9.44. The summed E-state index contributed by atoms with van der Waals surface area (Å²) in [5.74, 6) is 0. The first kappa shape index (κ1) is 13.2. The lowest BCUT2D eigenvalue weighted by Crippen LogP contribution is -2.50. The van der Waals surface area contributed by atoms with Gasteiger partial charge in [0.15, 0.2) is 0 Å². The molecule has 0 aromatic carbocycles. The van der Waals surface area contributed by atoms with Crippen LogP contribution in [-0.2, 0) is 4.74 Å². The second-order valence-corrected chi connectivity index (χ2v) is 6.54. The molecule has 2 saturated heterocycles. The van der Waals surface area contributed by atoms with Gasteiger partial charge in [0.25, 0.3) is 0 Å². The number of likely N-dealkylation sites (tertiary alicyclic amines) is 1. The molecule has 1 aromatic heterocycles. The van der Waals surface area contributed by atoms with Crippen LogP contribution in [0.1, 0.15) is 27.2 Å². The highest BCUT2D eigenvalue weighted by Crippen LogP contribution is 2.34. The molecule has 0 aliphatic carbocycles. The molecule has 0 unspecified atom stereocenters. The Balaban J connectivity index is 1.66. The number of pyridine rings is 1. The summed E-state index contributed by atoms with van der Waals surface area (Å²) in [5.41, 5.74) is 0.714. The van der Waals surface area contributed by atoms with E-state index in [1.165, 1.54) is 0 Å². The summed E-state index contributed by atoms with van der Waals surface area (Å²) in [4.78, 5) is 20.6. The van der Waals surface area contributed by atoms with Crippen LogP contribution in [-0.4, -0.2) is 46.8 Å². The molecule has 1 aromatic rings. The maximum atomic E-state index is 12.2. The Morgan fingerprint density at radius 2 is 2.15 bits per heavy atom. The third-order valence-electron chi connectivity index (χ3n) is 3.85. The number of piperazine rings is 1. The summed E-state index contributed by atoms with van der Waals surface area (Å²) in [6.45, 7) is 7.33. The summed E-state index contributed by atoms with van der Waals surface area (Å²) < 4.78 is 5.47. The summed E-state index contributed by atoms with van der Waals surface area (Å²) in [6, 6.07) is 4.67. The molecule has 0 saturated carbocycles. The van der Waals surface area contributed by atoms with Crippen LogP contribution in [0, 0.1) is 0 Å². The summed E-state index contributed by atoms with van der Waals surface area (Å²) in [7, 11) is 0. The van der Waals surface area contributed by atoms with Crippen LogP contribution in [0.5, 0.6) is 0 Å². The number of amides is 1. The van der Waals surface area contributed by atoms with E-state index in [0.717, 1.165) is 25.2 Å². The fourth-order valence-corrected chi connectivity index (χ4v) is 3.05.